The first-order valence-corrected chi connectivity index (χ1v) is 18.9. The minimum absolute atomic E-state index is 0.204. The average molecular weight is 535 g/mol. The fourth-order valence-corrected chi connectivity index (χ4v) is 11.4. The van der Waals surface area contributed by atoms with E-state index in [1.807, 2.05) is 0 Å². The summed E-state index contributed by atoms with van der Waals surface area (Å²) in [5.41, 5.74) is -0.118. The molecule has 0 aliphatic heterocycles. The van der Waals surface area contributed by atoms with Gasteiger partial charge in [0.25, 0.3) is 0 Å². The van der Waals surface area contributed by atoms with Gasteiger partial charge in [-0.25, -0.2) is 0 Å². The Morgan fingerprint density at radius 3 is 2.14 bits per heavy atom. The van der Waals surface area contributed by atoms with E-state index in [4.69, 9.17) is 4.43 Å². The molecule has 0 radical (unpaired) electrons. The lowest BCUT2D eigenvalue weighted by molar-refractivity contribution is -0.178. The standard InChI is InChI=1S/C33H62O3Si/c1-22(2)12-11-17-33(8,35)29-14-13-25-24-21-28(34)27-20-23(36-37(9,10)30(3,4)5)15-18-31(27,6)26(24)16-19-32(25,29)7/h22-29,34-35H,11-21H2,1-10H3/t23-,24-,25-,26-,27+,28-,29-,31+,32-,33-/m0/s1. The van der Waals surface area contributed by atoms with Crippen LogP contribution in [0.2, 0.25) is 18.1 Å². The molecule has 4 saturated carbocycles. The van der Waals surface area contributed by atoms with Gasteiger partial charge in [-0.15, -0.1) is 0 Å². The van der Waals surface area contributed by atoms with Crippen LogP contribution in [0.3, 0.4) is 0 Å². The first kappa shape index (κ1) is 30.1. The van der Waals surface area contributed by atoms with Crippen molar-refractivity contribution in [3.63, 3.8) is 0 Å². The Morgan fingerprint density at radius 2 is 1.51 bits per heavy atom. The second-order valence-corrected chi connectivity index (χ2v) is 21.6. The van der Waals surface area contributed by atoms with Gasteiger partial charge in [0.2, 0.25) is 0 Å². The molecule has 0 aromatic rings. The van der Waals surface area contributed by atoms with Crippen LogP contribution >= 0.6 is 0 Å². The molecule has 3 nitrogen and oxygen atoms in total. The van der Waals surface area contributed by atoms with Crippen LogP contribution in [0.15, 0.2) is 0 Å². The van der Waals surface area contributed by atoms with Gasteiger partial charge in [-0.2, -0.15) is 0 Å². The maximum atomic E-state index is 11.7. The fraction of sp³-hybridized carbons (Fsp3) is 1.00. The summed E-state index contributed by atoms with van der Waals surface area (Å²) in [6, 6.07) is 0. The quantitative estimate of drug-likeness (QED) is 0.322. The summed E-state index contributed by atoms with van der Waals surface area (Å²) in [7, 11) is -1.80. The average Bonchev–Trinajstić information content (AvgIpc) is 3.12. The second kappa shape index (κ2) is 10.2. The summed E-state index contributed by atoms with van der Waals surface area (Å²) in [5, 5.41) is 23.7. The molecule has 0 saturated heterocycles. The van der Waals surface area contributed by atoms with Gasteiger partial charge in [-0.3, -0.25) is 0 Å². The fourth-order valence-electron chi connectivity index (χ4n) is 10.0. The zero-order chi connectivity index (χ0) is 27.6. The molecule has 0 bridgehead atoms. The zero-order valence-corrected chi connectivity index (χ0v) is 27.2. The van der Waals surface area contributed by atoms with Crippen molar-refractivity contribution in [2.24, 2.45) is 46.3 Å². The van der Waals surface area contributed by atoms with E-state index < -0.39 is 13.9 Å². The topological polar surface area (TPSA) is 49.7 Å². The van der Waals surface area contributed by atoms with E-state index in [0.29, 0.717) is 35.7 Å². The van der Waals surface area contributed by atoms with Gasteiger partial charge in [0.1, 0.15) is 0 Å². The number of fused-ring (bicyclic) bond motifs is 5. The minimum atomic E-state index is -1.80. The second-order valence-electron chi connectivity index (χ2n) is 16.9. The van der Waals surface area contributed by atoms with Gasteiger partial charge in [-0.1, -0.05) is 61.3 Å². The van der Waals surface area contributed by atoms with E-state index in [-0.39, 0.29) is 22.0 Å². The molecule has 0 spiro atoms. The van der Waals surface area contributed by atoms with E-state index in [2.05, 4.69) is 68.5 Å². The van der Waals surface area contributed by atoms with Gasteiger partial charge >= 0.3 is 0 Å². The highest BCUT2D eigenvalue weighted by Crippen LogP contribution is 2.69. The van der Waals surface area contributed by atoms with Crippen molar-refractivity contribution in [1.82, 2.24) is 0 Å². The summed E-state index contributed by atoms with van der Waals surface area (Å²) in [6.45, 7) is 23.6. The molecular formula is C33H62O3Si. The molecule has 0 unspecified atom stereocenters. The van der Waals surface area contributed by atoms with Crippen LogP contribution in [-0.4, -0.2) is 36.3 Å². The molecular weight excluding hydrogens is 472 g/mol. The summed E-state index contributed by atoms with van der Waals surface area (Å²) >= 11 is 0. The Balaban J connectivity index is 1.48. The van der Waals surface area contributed by atoms with Crippen LogP contribution in [0.1, 0.15) is 126 Å². The number of hydrogen-bond acceptors (Lipinski definition) is 3. The predicted octanol–water partition coefficient (Wildman–Crippen LogP) is 8.58. The lowest BCUT2D eigenvalue weighted by Gasteiger charge is -2.63. The van der Waals surface area contributed by atoms with Crippen LogP contribution in [-0.2, 0) is 4.43 Å². The molecule has 4 fully saturated rings. The monoisotopic (exact) mass is 534 g/mol. The van der Waals surface area contributed by atoms with E-state index in [9.17, 15) is 10.2 Å². The van der Waals surface area contributed by atoms with E-state index in [1.165, 1.54) is 32.1 Å². The van der Waals surface area contributed by atoms with Crippen molar-refractivity contribution in [2.75, 3.05) is 0 Å². The summed E-state index contributed by atoms with van der Waals surface area (Å²) in [4.78, 5) is 0. The van der Waals surface area contributed by atoms with E-state index in [0.717, 1.165) is 44.4 Å². The van der Waals surface area contributed by atoms with Crippen LogP contribution < -0.4 is 0 Å². The van der Waals surface area contributed by atoms with Gasteiger partial charge in [-0.05, 0) is 129 Å². The zero-order valence-electron chi connectivity index (χ0n) is 26.2. The number of aliphatic hydroxyl groups excluding tert-OH is 1. The third-order valence-corrected chi connectivity index (χ3v) is 17.6. The first-order valence-electron chi connectivity index (χ1n) is 16.0. The first-order chi connectivity index (χ1) is 16.9. The smallest absolute Gasteiger partial charge is 0.192 e. The van der Waals surface area contributed by atoms with E-state index >= 15 is 0 Å². The molecule has 37 heavy (non-hydrogen) atoms. The Labute approximate surface area is 231 Å². The number of hydrogen-bond donors (Lipinski definition) is 2. The molecule has 4 heteroatoms. The van der Waals surface area contributed by atoms with Gasteiger partial charge in [0, 0.05) is 6.10 Å². The maximum Gasteiger partial charge on any atom is 0.192 e. The highest BCUT2D eigenvalue weighted by Gasteiger charge is 2.64. The minimum Gasteiger partial charge on any atom is -0.414 e. The summed E-state index contributed by atoms with van der Waals surface area (Å²) in [5.74, 6) is 3.47. The van der Waals surface area contributed by atoms with Crippen LogP contribution in [0.5, 0.6) is 0 Å². The van der Waals surface area contributed by atoms with Crippen molar-refractivity contribution in [2.45, 2.75) is 162 Å². The highest BCUT2D eigenvalue weighted by molar-refractivity contribution is 6.74. The highest BCUT2D eigenvalue weighted by atomic mass is 28.4. The molecule has 216 valence electrons. The van der Waals surface area contributed by atoms with Gasteiger partial charge in [0.15, 0.2) is 8.32 Å². The predicted molar refractivity (Wildman–Crippen MR) is 158 cm³/mol. The molecule has 0 amide bonds. The van der Waals surface area contributed by atoms with Crippen LogP contribution in [0.4, 0.5) is 0 Å². The Hall–Kier alpha value is 0.0969. The van der Waals surface area contributed by atoms with Gasteiger partial charge in [0.05, 0.1) is 11.7 Å². The molecule has 4 aliphatic rings. The SMILES string of the molecule is CC(C)CCC[C@](C)(O)[C@H]1CC[C@H]2[C@@H]3C[C@H](O)[C@H]4C[C@@H](O[Si](C)(C)C(C)(C)C)CC[C@]4(C)[C@H]3CC[C@@]21C. The molecule has 2 N–H and O–H groups in total. The summed E-state index contributed by atoms with van der Waals surface area (Å²) < 4.78 is 6.91. The largest absolute Gasteiger partial charge is 0.414 e. The Bertz CT molecular complexity index is 800. The van der Waals surface area contributed by atoms with Crippen molar-refractivity contribution >= 4 is 8.32 Å². The molecule has 0 aromatic heterocycles. The normalized spacial score (nSPS) is 44.2. The third kappa shape index (κ3) is 5.41. The molecule has 0 aromatic carbocycles. The van der Waals surface area contributed by atoms with Crippen LogP contribution in [0, 0.1) is 46.3 Å². The van der Waals surface area contributed by atoms with E-state index in [1.54, 1.807) is 0 Å². The van der Waals surface area contributed by atoms with Gasteiger partial charge < -0.3 is 14.6 Å². The molecule has 4 rings (SSSR count). The van der Waals surface area contributed by atoms with Crippen molar-refractivity contribution in [3.8, 4) is 0 Å². The maximum absolute atomic E-state index is 11.7. The van der Waals surface area contributed by atoms with Crippen molar-refractivity contribution in [1.29, 1.82) is 0 Å². The molecule has 10 atom stereocenters. The Kier molecular flexibility index (Phi) is 8.27. The van der Waals surface area contributed by atoms with Crippen molar-refractivity contribution < 1.29 is 14.6 Å². The number of rotatable bonds is 7. The van der Waals surface area contributed by atoms with Crippen LogP contribution in [0.25, 0.3) is 0 Å². The third-order valence-electron chi connectivity index (χ3n) is 13.1. The molecule has 0 heterocycles. The summed E-state index contributed by atoms with van der Waals surface area (Å²) in [6.07, 6.45) is 12.7. The lowest BCUT2D eigenvalue weighted by atomic mass is 9.43. The van der Waals surface area contributed by atoms with Crippen molar-refractivity contribution in [3.05, 3.63) is 0 Å². The Morgan fingerprint density at radius 1 is 0.892 bits per heavy atom. The number of aliphatic hydroxyl groups is 2. The lowest BCUT2D eigenvalue weighted by Crippen LogP contribution is -2.59. The molecule has 4 aliphatic carbocycles.